The number of aromatic nitrogens is 3. The zero-order valence-electron chi connectivity index (χ0n) is 12.9. The number of halogens is 1. The van der Waals surface area contributed by atoms with Crippen molar-refractivity contribution in [2.45, 2.75) is 31.3 Å². The van der Waals surface area contributed by atoms with Gasteiger partial charge in [0.1, 0.15) is 0 Å². The molecule has 9 heteroatoms. The van der Waals surface area contributed by atoms with Gasteiger partial charge in [0.2, 0.25) is 5.16 Å². The number of fused-ring (bicyclic) bond motifs is 1. The number of nitro benzene ring substituents is 1. The van der Waals surface area contributed by atoms with Crippen LogP contribution in [0, 0.1) is 10.1 Å². The number of non-ortho nitro benzene ring substituents is 1. The Hall–Kier alpha value is -1.74. The maximum Gasteiger partial charge on any atom is 0.270 e. The van der Waals surface area contributed by atoms with E-state index < -0.39 is 4.92 Å². The van der Waals surface area contributed by atoms with Crippen LogP contribution in [0.15, 0.2) is 34.5 Å². The van der Waals surface area contributed by atoms with E-state index >= 15 is 0 Å². The Kier molecular flexibility index (Phi) is 4.90. The van der Waals surface area contributed by atoms with Crippen LogP contribution in [0.4, 0.5) is 5.69 Å². The third-order valence-electron chi connectivity index (χ3n) is 3.23. The molecule has 0 unspecified atom stereocenters. The first-order valence-electron chi connectivity index (χ1n) is 6.77. The van der Waals surface area contributed by atoms with E-state index in [2.05, 4.69) is 15.3 Å². The molecule has 3 rings (SSSR count). The molecule has 0 amide bonds. The molecular weight excluding hydrogens is 382 g/mol. The van der Waals surface area contributed by atoms with E-state index in [-0.39, 0.29) is 28.1 Å². The summed E-state index contributed by atoms with van der Waals surface area (Å²) in [6, 6.07) is 6.53. The van der Waals surface area contributed by atoms with E-state index in [1.54, 1.807) is 16.8 Å². The summed E-state index contributed by atoms with van der Waals surface area (Å²) in [7, 11) is 0. The number of rotatable bonds is 2. The van der Waals surface area contributed by atoms with Gasteiger partial charge in [-0.25, -0.2) is 0 Å². The highest BCUT2D eigenvalue weighted by molar-refractivity contribution is 8.93. The van der Waals surface area contributed by atoms with Gasteiger partial charge in [0.25, 0.3) is 5.69 Å². The molecule has 0 fully saturated rings. The van der Waals surface area contributed by atoms with Gasteiger partial charge in [0.15, 0.2) is 5.82 Å². The fraction of sp³-hybridized carbons (Fsp3) is 0.357. The van der Waals surface area contributed by atoms with Crippen LogP contribution in [-0.4, -0.2) is 31.3 Å². The average Bonchev–Trinajstić information content (AvgIpc) is 2.90. The molecule has 122 valence electrons. The highest BCUT2D eigenvalue weighted by Crippen LogP contribution is 2.29. The predicted molar refractivity (Wildman–Crippen MR) is 94.8 cm³/mol. The van der Waals surface area contributed by atoms with Crippen molar-refractivity contribution >= 4 is 40.1 Å². The van der Waals surface area contributed by atoms with Gasteiger partial charge in [0.05, 0.1) is 10.6 Å². The Morgan fingerprint density at radius 1 is 1.30 bits per heavy atom. The van der Waals surface area contributed by atoms with Crippen LogP contribution in [-0.2, 0) is 5.41 Å². The van der Waals surface area contributed by atoms with E-state index in [9.17, 15) is 10.1 Å². The summed E-state index contributed by atoms with van der Waals surface area (Å²) >= 11 is 1.53. The summed E-state index contributed by atoms with van der Waals surface area (Å²) in [5, 5.41) is 24.6. The molecule has 0 radical (unpaired) electrons. The average molecular weight is 398 g/mol. The van der Waals surface area contributed by atoms with E-state index in [0.29, 0.717) is 5.75 Å². The lowest BCUT2D eigenvalue weighted by Gasteiger charge is -2.19. The van der Waals surface area contributed by atoms with Gasteiger partial charge >= 0.3 is 0 Å². The van der Waals surface area contributed by atoms with Gasteiger partial charge in [-0.3, -0.25) is 10.1 Å². The molecule has 0 saturated heterocycles. The maximum absolute atomic E-state index is 10.9. The minimum absolute atomic E-state index is 0. The van der Waals surface area contributed by atoms with Gasteiger partial charge in [-0.15, -0.1) is 27.2 Å². The summed E-state index contributed by atoms with van der Waals surface area (Å²) in [6.45, 7) is 6.14. The van der Waals surface area contributed by atoms with Crippen LogP contribution >= 0.6 is 28.7 Å². The molecule has 1 aliphatic rings. The van der Waals surface area contributed by atoms with Crippen molar-refractivity contribution in [2.75, 3.05) is 5.75 Å². The van der Waals surface area contributed by atoms with Gasteiger partial charge in [0, 0.05) is 28.9 Å². The van der Waals surface area contributed by atoms with E-state index in [1.165, 1.54) is 17.8 Å². The first-order chi connectivity index (χ1) is 10.4. The number of nitro groups is 1. The van der Waals surface area contributed by atoms with Crippen LogP contribution in [0.5, 0.6) is 0 Å². The molecule has 1 aromatic heterocycles. The second-order valence-electron chi connectivity index (χ2n) is 6.01. The highest BCUT2D eigenvalue weighted by atomic mass is 79.9. The molecule has 7 nitrogen and oxygen atoms in total. The normalized spacial score (nSPS) is 13.8. The quantitative estimate of drug-likeness (QED) is 0.572. The summed E-state index contributed by atoms with van der Waals surface area (Å²) in [4.78, 5) is 10.5. The summed E-state index contributed by atoms with van der Waals surface area (Å²) in [5.41, 5.74) is 1.42. The molecule has 0 aliphatic carbocycles. The predicted octanol–water partition coefficient (Wildman–Crippen LogP) is 3.42. The fourth-order valence-corrected chi connectivity index (χ4v) is 2.97. The standard InChI is InChI=1S/C14H15N5O2S.BrH/c1-14(2,3)12-15-16-13-18(12)17-11(8-22-13)9-5-4-6-10(7-9)19(20)21;/h4-7H,8H2,1-3H3;1H. The Balaban J connectivity index is 0.00000192. The zero-order chi connectivity index (χ0) is 15.9. The highest BCUT2D eigenvalue weighted by Gasteiger charge is 2.27. The molecule has 0 N–H and O–H groups in total. The molecule has 2 heterocycles. The lowest BCUT2D eigenvalue weighted by atomic mass is 9.96. The molecule has 0 saturated carbocycles. The number of thioether (sulfide) groups is 1. The molecule has 2 aromatic rings. The summed E-state index contributed by atoms with van der Waals surface area (Å²) in [6.07, 6.45) is 0. The van der Waals surface area contributed by atoms with Gasteiger partial charge < -0.3 is 0 Å². The van der Waals surface area contributed by atoms with Crippen LogP contribution in [0.2, 0.25) is 0 Å². The monoisotopic (exact) mass is 397 g/mol. The van der Waals surface area contributed by atoms with Crippen molar-refractivity contribution in [1.29, 1.82) is 0 Å². The minimum atomic E-state index is -0.398. The second kappa shape index (κ2) is 6.40. The number of nitrogens with zero attached hydrogens (tertiary/aromatic N) is 5. The van der Waals surface area contributed by atoms with Crippen molar-refractivity contribution in [3.8, 4) is 0 Å². The third-order valence-corrected chi connectivity index (χ3v) is 4.16. The van der Waals surface area contributed by atoms with Gasteiger partial charge in [-0.1, -0.05) is 44.7 Å². The molecule has 0 atom stereocenters. The van der Waals surface area contributed by atoms with Gasteiger partial charge in [-0.2, -0.15) is 9.78 Å². The maximum atomic E-state index is 10.9. The van der Waals surface area contributed by atoms with E-state index in [0.717, 1.165) is 22.3 Å². The number of hydrogen-bond acceptors (Lipinski definition) is 6. The van der Waals surface area contributed by atoms with Crippen LogP contribution in [0.3, 0.4) is 0 Å². The van der Waals surface area contributed by atoms with Gasteiger partial charge in [-0.05, 0) is 0 Å². The van der Waals surface area contributed by atoms with Crippen molar-refractivity contribution in [2.24, 2.45) is 5.10 Å². The second-order valence-corrected chi connectivity index (χ2v) is 6.95. The lowest BCUT2D eigenvalue weighted by Crippen LogP contribution is -2.21. The van der Waals surface area contributed by atoms with Crippen molar-refractivity contribution < 1.29 is 4.92 Å². The van der Waals surface area contributed by atoms with Crippen molar-refractivity contribution in [3.05, 3.63) is 45.8 Å². The Labute approximate surface area is 148 Å². The molecule has 0 bridgehead atoms. The fourth-order valence-electron chi connectivity index (χ4n) is 2.14. The SMILES string of the molecule is Br.CC(C)(C)c1nnc2n1N=C(c1cccc([N+](=O)[O-])c1)CS2. The largest absolute Gasteiger partial charge is 0.270 e. The third kappa shape index (κ3) is 3.45. The number of benzene rings is 1. The molecule has 23 heavy (non-hydrogen) atoms. The summed E-state index contributed by atoms with van der Waals surface area (Å²) in [5.74, 6) is 1.39. The first-order valence-corrected chi connectivity index (χ1v) is 7.76. The zero-order valence-corrected chi connectivity index (χ0v) is 15.4. The summed E-state index contributed by atoms with van der Waals surface area (Å²) < 4.78 is 1.74. The number of hydrogen-bond donors (Lipinski definition) is 0. The van der Waals surface area contributed by atoms with Crippen LogP contribution in [0.25, 0.3) is 0 Å². The smallest absolute Gasteiger partial charge is 0.258 e. The minimum Gasteiger partial charge on any atom is -0.258 e. The van der Waals surface area contributed by atoms with E-state index in [1.807, 2.05) is 26.8 Å². The Morgan fingerprint density at radius 3 is 2.70 bits per heavy atom. The topological polar surface area (TPSA) is 86.2 Å². The molecular formula is C14H16BrN5O2S. The lowest BCUT2D eigenvalue weighted by molar-refractivity contribution is -0.384. The molecule has 1 aromatic carbocycles. The molecule has 1 aliphatic heterocycles. The first kappa shape index (κ1) is 17.6. The van der Waals surface area contributed by atoms with Crippen LogP contribution < -0.4 is 0 Å². The Morgan fingerprint density at radius 2 is 2.04 bits per heavy atom. The van der Waals surface area contributed by atoms with E-state index in [4.69, 9.17) is 0 Å². The van der Waals surface area contributed by atoms with Crippen LogP contribution in [0.1, 0.15) is 32.2 Å². The Bertz CT molecular complexity index is 782. The van der Waals surface area contributed by atoms with Crippen molar-refractivity contribution in [3.63, 3.8) is 0 Å². The van der Waals surface area contributed by atoms with Crippen molar-refractivity contribution in [1.82, 2.24) is 14.9 Å². The molecule has 0 spiro atoms.